The lowest BCUT2D eigenvalue weighted by molar-refractivity contribution is 0.0946. The minimum atomic E-state index is -1.90. The molecule has 2 N–H and O–H groups in total. The normalized spacial score (nSPS) is 19.9. The summed E-state index contributed by atoms with van der Waals surface area (Å²) in [7, 11) is 16.1. The summed E-state index contributed by atoms with van der Waals surface area (Å²) in [5.41, 5.74) is 2.06. The van der Waals surface area contributed by atoms with Crippen LogP contribution >= 0.6 is 0 Å². The molecule has 7 nitrogen and oxygen atoms in total. The summed E-state index contributed by atoms with van der Waals surface area (Å²) < 4.78 is 14.7. The standard InChI is InChI=1S/C23H27B3FN5O2/c1-2-14-3-4-17(29-21(14)33)15-7-10-32(13-15)16-8-11-31(12-9-16)19-6-5-18(28-20(19)27)22(34)30-23(24,25)26/h3-6,15-16H,2,7-13H2,1H3,(H,29,33)(H,30,34)/t15-/m0/s1. The summed E-state index contributed by atoms with van der Waals surface area (Å²) in [5, 5.41) is 0.245. The van der Waals surface area contributed by atoms with E-state index in [-0.39, 0.29) is 11.3 Å². The topological polar surface area (TPSA) is 81.3 Å². The Balaban J connectivity index is 1.33. The monoisotopic (exact) mass is 457 g/mol. The van der Waals surface area contributed by atoms with Crippen molar-refractivity contribution < 1.29 is 9.18 Å². The van der Waals surface area contributed by atoms with E-state index in [1.54, 1.807) is 6.07 Å². The van der Waals surface area contributed by atoms with Gasteiger partial charge in [0.15, 0.2) is 0 Å². The second kappa shape index (κ2) is 9.98. The Bertz CT molecular complexity index is 1100. The predicted molar refractivity (Wildman–Crippen MR) is 132 cm³/mol. The van der Waals surface area contributed by atoms with Gasteiger partial charge in [-0.3, -0.25) is 14.5 Å². The molecule has 34 heavy (non-hydrogen) atoms. The van der Waals surface area contributed by atoms with Crippen LogP contribution in [0.4, 0.5) is 10.1 Å². The number of carbonyl (C=O) groups is 1. The van der Waals surface area contributed by atoms with E-state index in [2.05, 4.69) is 20.2 Å². The van der Waals surface area contributed by atoms with Crippen LogP contribution in [0.3, 0.4) is 0 Å². The Morgan fingerprint density at radius 2 is 1.91 bits per heavy atom. The number of amides is 1. The van der Waals surface area contributed by atoms with Gasteiger partial charge in [0.05, 0.1) is 29.2 Å². The smallest absolute Gasteiger partial charge is 0.268 e. The first-order valence-corrected chi connectivity index (χ1v) is 11.7. The molecule has 0 bridgehead atoms. The lowest BCUT2D eigenvalue weighted by Crippen LogP contribution is -2.50. The first-order valence-electron chi connectivity index (χ1n) is 11.7. The maximum Gasteiger partial charge on any atom is 0.268 e. The molecule has 2 aromatic heterocycles. The molecule has 0 spiro atoms. The highest BCUT2D eigenvalue weighted by Gasteiger charge is 2.32. The molecule has 1 atom stereocenters. The summed E-state index contributed by atoms with van der Waals surface area (Å²) >= 11 is 0. The Kier molecular flexibility index (Phi) is 7.21. The minimum Gasteiger partial charge on any atom is -0.371 e. The fraction of sp³-hybridized carbons (Fsp3) is 0.522. The van der Waals surface area contributed by atoms with Gasteiger partial charge >= 0.3 is 0 Å². The quantitative estimate of drug-likeness (QED) is 0.496. The lowest BCUT2D eigenvalue weighted by atomic mass is 9.49. The van der Waals surface area contributed by atoms with Crippen molar-refractivity contribution in [3.8, 4) is 0 Å². The largest absolute Gasteiger partial charge is 0.371 e. The predicted octanol–water partition coefficient (Wildman–Crippen LogP) is 0.776. The number of H-pyrrole nitrogens is 1. The molecule has 4 rings (SSSR count). The SMILES string of the molecule is [B]C([B])([B])NC(=O)c1ccc(N2CCC(N3CC[C@H](c4ccc(CC)c(=O)[nH]4)C3)CC2)c(F)n1. The van der Waals surface area contributed by atoms with Crippen molar-refractivity contribution in [2.75, 3.05) is 31.1 Å². The van der Waals surface area contributed by atoms with Crippen molar-refractivity contribution in [2.45, 2.75) is 49.8 Å². The Morgan fingerprint density at radius 1 is 1.18 bits per heavy atom. The van der Waals surface area contributed by atoms with Crippen LogP contribution in [-0.2, 0) is 6.42 Å². The Morgan fingerprint density at radius 3 is 2.53 bits per heavy atom. The summed E-state index contributed by atoms with van der Waals surface area (Å²) in [6, 6.07) is 7.37. The van der Waals surface area contributed by atoms with Crippen molar-refractivity contribution in [3.63, 3.8) is 0 Å². The van der Waals surface area contributed by atoms with Crippen LogP contribution in [0, 0.1) is 5.95 Å². The molecule has 2 aromatic rings. The van der Waals surface area contributed by atoms with Gasteiger partial charge < -0.3 is 15.2 Å². The van der Waals surface area contributed by atoms with Crippen molar-refractivity contribution in [1.29, 1.82) is 0 Å². The summed E-state index contributed by atoms with van der Waals surface area (Å²) in [6.45, 7) is 5.26. The number of nitrogens with one attached hydrogen (secondary N) is 2. The maximum atomic E-state index is 14.7. The third-order valence-electron chi connectivity index (χ3n) is 6.77. The number of rotatable bonds is 6. The molecule has 172 valence electrons. The maximum absolute atomic E-state index is 14.7. The highest BCUT2D eigenvalue weighted by Crippen LogP contribution is 2.31. The molecule has 6 radical (unpaired) electrons. The molecule has 4 heterocycles. The van der Waals surface area contributed by atoms with Crippen LogP contribution in [0.2, 0.25) is 0 Å². The molecular weight excluding hydrogens is 430 g/mol. The van der Waals surface area contributed by atoms with Gasteiger partial charge in [-0.1, -0.05) is 18.2 Å². The third kappa shape index (κ3) is 5.57. The molecule has 0 saturated carbocycles. The van der Waals surface area contributed by atoms with Crippen LogP contribution in [0.25, 0.3) is 0 Å². The van der Waals surface area contributed by atoms with Crippen molar-refractivity contribution in [2.24, 2.45) is 0 Å². The number of carbonyl (C=O) groups excluding carboxylic acids is 1. The number of hydrogen-bond donors (Lipinski definition) is 2. The lowest BCUT2D eigenvalue weighted by Gasteiger charge is -2.37. The zero-order valence-corrected chi connectivity index (χ0v) is 19.4. The van der Waals surface area contributed by atoms with Gasteiger partial charge in [-0.25, -0.2) is 4.98 Å². The number of likely N-dealkylation sites (tertiary alicyclic amines) is 1. The van der Waals surface area contributed by atoms with Gasteiger partial charge in [0.2, 0.25) is 5.95 Å². The zero-order chi connectivity index (χ0) is 24.5. The highest BCUT2D eigenvalue weighted by molar-refractivity contribution is 6.60. The third-order valence-corrected chi connectivity index (χ3v) is 6.77. The molecule has 2 fully saturated rings. The molecule has 0 aromatic carbocycles. The molecule has 1 amide bonds. The van der Waals surface area contributed by atoms with E-state index in [9.17, 15) is 14.0 Å². The number of pyridine rings is 2. The number of aromatic amines is 1. The number of nitrogens with zero attached hydrogens (tertiary/aromatic N) is 3. The van der Waals surface area contributed by atoms with Gasteiger partial charge in [-0.15, -0.1) is 0 Å². The molecule has 0 aliphatic carbocycles. The van der Waals surface area contributed by atoms with E-state index in [4.69, 9.17) is 23.5 Å². The second-order valence-electron chi connectivity index (χ2n) is 9.21. The van der Waals surface area contributed by atoms with Crippen LogP contribution < -0.4 is 15.8 Å². The first-order chi connectivity index (χ1) is 16.1. The van der Waals surface area contributed by atoms with E-state index in [1.807, 2.05) is 24.0 Å². The minimum absolute atomic E-state index is 0.0132. The molecule has 2 aliphatic rings. The zero-order valence-electron chi connectivity index (χ0n) is 19.4. The molecule has 2 saturated heterocycles. The van der Waals surface area contributed by atoms with E-state index in [0.29, 0.717) is 30.7 Å². The number of halogens is 1. The first kappa shape index (κ1) is 24.6. The molecule has 11 heteroatoms. The molecule has 0 unspecified atom stereocenters. The van der Waals surface area contributed by atoms with Gasteiger partial charge in [-0.05, 0) is 50.4 Å². The van der Waals surface area contributed by atoms with Gasteiger partial charge in [0.25, 0.3) is 11.5 Å². The van der Waals surface area contributed by atoms with E-state index < -0.39 is 17.1 Å². The number of piperidine rings is 1. The van der Waals surface area contributed by atoms with Crippen LogP contribution in [0.15, 0.2) is 29.1 Å². The van der Waals surface area contributed by atoms with Gasteiger partial charge in [0, 0.05) is 42.9 Å². The van der Waals surface area contributed by atoms with Gasteiger partial charge in [-0.2, -0.15) is 4.39 Å². The summed E-state index contributed by atoms with van der Waals surface area (Å²) in [5.74, 6) is -1.14. The fourth-order valence-corrected chi connectivity index (χ4v) is 4.93. The second-order valence-corrected chi connectivity index (χ2v) is 9.21. The van der Waals surface area contributed by atoms with Crippen molar-refractivity contribution in [3.05, 3.63) is 57.5 Å². The number of aryl methyl sites for hydroxylation is 1. The number of anilines is 1. The average molecular weight is 457 g/mol. The van der Waals surface area contributed by atoms with Gasteiger partial charge in [0.1, 0.15) is 5.69 Å². The summed E-state index contributed by atoms with van der Waals surface area (Å²) in [4.78, 5) is 35.5. The fourth-order valence-electron chi connectivity index (χ4n) is 4.93. The number of aromatic nitrogens is 2. The number of hydrogen-bond acceptors (Lipinski definition) is 5. The van der Waals surface area contributed by atoms with Crippen molar-refractivity contribution >= 4 is 35.1 Å². The Hall–Kier alpha value is -2.55. The van der Waals surface area contributed by atoms with Crippen LogP contribution in [0.5, 0.6) is 0 Å². The highest BCUT2D eigenvalue weighted by atomic mass is 19.1. The average Bonchev–Trinajstić information content (AvgIpc) is 3.28. The van der Waals surface area contributed by atoms with E-state index in [0.717, 1.165) is 50.0 Å². The molecular formula is C23H27B3FN5O2. The van der Waals surface area contributed by atoms with Crippen molar-refractivity contribution in [1.82, 2.24) is 20.2 Å². The van der Waals surface area contributed by atoms with Crippen LogP contribution in [0.1, 0.15) is 53.8 Å². The van der Waals surface area contributed by atoms with E-state index >= 15 is 0 Å². The van der Waals surface area contributed by atoms with Crippen LogP contribution in [-0.4, -0.2) is 81.8 Å². The van der Waals surface area contributed by atoms with E-state index in [1.165, 1.54) is 6.07 Å². The molecule has 2 aliphatic heterocycles. The summed E-state index contributed by atoms with van der Waals surface area (Å²) in [6.07, 6.45) is 3.54. The Labute approximate surface area is 203 Å².